The zero-order valence-corrected chi connectivity index (χ0v) is 13.7. The second-order valence-electron chi connectivity index (χ2n) is 5.55. The summed E-state index contributed by atoms with van der Waals surface area (Å²) in [7, 11) is 1.21. The lowest BCUT2D eigenvalue weighted by atomic mass is 10.1. The van der Waals surface area contributed by atoms with E-state index in [9.17, 15) is 14.7 Å². The summed E-state index contributed by atoms with van der Waals surface area (Å²) in [6.45, 7) is 1.94. The number of rotatable bonds is 4. The van der Waals surface area contributed by atoms with Gasteiger partial charge < -0.3 is 19.7 Å². The van der Waals surface area contributed by atoms with Crippen LogP contribution in [-0.4, -0.2) is 29.2 Å². The van der Waals surface area contributed by atoms with Crippen molar-refractivity contribution in [3.05, 3.63) is 53.2 Å². The van der Waals surface area contributed by atoms with Crippen LogP contribution in [0.2, 0.25) is 0 Å². The molecule has 0 radical (unpaired) electrons. The lowest BCUT2D eigenvalue weighted by molar-refractivity contribution is -0.115. The number of para-hydroxylation sites is 1. The van der Waals surface area contributed by atoms with Crippen molar-refractivity contribution in [1.82, 2.24) is 5.16 Å². The number of phenols is 1. The average Bonchev–Trinajstić information content (AvgIpc) is 2.98. The van der Waals surface area contributed by atoms with Gasteiger partial charge in [-0.05, 0) is 31.2 Å². The number of ether oxygens (including phenoxy) is 1. The van der Waals surface area contributed by atoms with Gasteiger partial charge in [-0.2, -0.15) is 0 Å². The number of carbonyl (C=O) groups excluding carboxylic acids is 2. The van der Waals surface area contributed by atoms with Crippen LogP contribution in [0, 0.1) is 6.92 Å². The molecule has 1 amide bonds. The third-order valence-electron chi connectivity index (χ3n) is 3.74. The number of nitrogens with zero attached hydrogens (tertiary/aromatic N) is 1. The molecule has 0 saturated carbocycles. The maximum absolute atomic E-state index is 12.3. The van der Waals surface area contributed by atoms with Gasteiger partial charge in [-0.15, -0.1) is 0 Å². The second-order valence-corrected chi connectivity index (χ2v) is 5.55. The van der Waals surface area contributed by atoms with E-state index in [1.165, 1.54) is 25.3 Å². The molecule has 7 heteroatoms. The first-order chi connectivity index (χ1) is 12.0. The number of aromatic nitrogens is 1. The van der Waals surface area contributed by atoms with Gasteiger partial charge in [0.05, 0.1) is 19.2 Å². The number of hydrogen-bond acceptors (Lipinski definition) is 6. The monoisotopic (exact) mass is 340 g/mol. The molecule has 3 aromatic rings. The van der Waals surface area contributed by atoms with Crippen LogP contribution in [0.25, 0.3) is 11.0 Å². The molecule has 25 heavy (non-hydrogen) atoms. The van der Waals surface area contributed by atoms with Crippen molar-refractivity contribution in [2.24, 2.45) is 0 Å². The Morgan fingerprint density at radius 2 is 2.08 bits per heavy atom. The fourth-order valence-electron chi connectivity index (χ4n) is 2.50. The highest BCUT2D eigenvalue weighted by molar-refractivity contribution is 5.99. The van der Waals surface area contributed by atoms with Gasteiger partial charge in [0.1, 0.15) is 11.3 Å². The molecule has 0 aliphatic heterocycles. The van der Waals surface area contributed by atoms with Crippen LogP contribution in [0.3, 0.4) is 0 Å². The van der Waals surface area contributed by atoms with E-state index in [-0.39, 0.29) is 23.4 Å². The first-order valence-electron chi connectivity index (χ1n) is 7.54. The summed E-state index contributed by atoms with van der Waals surface area (Å²) >= 11 is 0. The van der Waals surface area contributed by atoms with Gasteiger partial charge in [-0.1, -0.05) is 22.9 Å². The SMILES string of the molecule is COC(=O)c1cccc(NC(=O)Cc2noc3ccc(C)cc23)c1O. The molecule has 128 valence electrons. The summed E-state index contributed by atoms with van der Waals surface area (Å²) in [5, 5.41) is 17.4. The largest absolute Gasteiger partial charge is 0.505 e. The Bertz CT molecular complexity index is 961. The standard InChI is InChI=1S/C18H16N2O5/c1-10-6-7-15-12(8-10)14(20-25-15)9-16(21)19-13-5-3-4-11(17(13)22)18(23)24-2/h3-8,22H,9H2,1-2H3,(H,19,21). The molecule has 0 spiro atoms. The maximum Gasteiger partial charge on any atom is 0.341 e. The van der Waals surface area contributed by atoms with Crippen LogP contribution < -0.4 is 5.32 Å². The molecule has 0 fully saturated rings. The third kappa shape index (κ3) is 3.30. The summed E-state index contributed by atoms with van der Waals surface area (Å²) in [6, 6.07) is 10.0. The van der Waals surface area contributed by atoms with E-state index in [1.807, 2.05) is 19.1 Å². The van der Waals surface area contributed by atoms with E-state index in [4.69, 9.17) is 4.52 Å². The fourth-order valence-corrected chi connectivity index (χ4v) is 2.50. The number of carbonyl (C=O) groups is 2. The van der Waals surface area contributed by atoms with Crippen LogP contribution in [0.15, 0.2) is 40.9 Å². The van der Waals surface area contributed by atoms with Crippen molar-refractivity contribution in [3.8, 4) is 5.75 Å². The molecule has 2 N–H and O–H groups in total. The average molecular weight is 340 g/mol. The van der Waals surface area contributed by atoms with Crippen LogP contribution >= 0.6 is 0 Å². The molecule has 0 saturated heterocycles. The number of methoxy groups -OCH3 is 1. The first kappa shape index (κ1) is 16.5. The molecule has 7 nitrogen and oxygen atoms in total. The second kappa shape index (κ2) is 6.64. The van der Waals surface area contributed by atoms with Gasteiger partial charge >= 0.3 is 5.97 Å². The topological polar surface area (TPSA) is 102 Å². The molecule has 0 aliphatic carbocycles. The lowest BCUT2D eigenvalue weighted by Crippen LogP contribution is -2.15. The molecule has 1 aromatic heterocycles. The third-order valence-corrected chi connectivity index (χ3v) is 3.74. The molecule has 3 rings (SSSR count). The predicted molar refractivity (Wildman–Crippen MR) is 90.5 cm³/mol. The minimum Gasteiger partial charge on any atom is -0.505 e. The number of nitrogens with one attached hydrogen (secondary N) is 1. The number of phenolic OH excluding ortho intramolecular Hbond substituents is 1. The van der Waals surface area contributed by atoms with E-state index in [0.717, 1.165) is 10.9 Å². The smallest absolute Gasteiger partial charge is 0.341 e. The molecule has 0 aliphatic rings. The molecule has 1 heterocycles. The molecular formula is C18H16N2O5. The van der Waals surface area contributed by atoms with E-state index in [2.05, 4.69) is 15.2 Å². The molecule has 0 bridgehead atoms. The summed E-state index contributed by atoms with van der Waals surface area (Å²) < 4.78 is 9.79. The first-order valence-corrected chi connectivity index (χ1v) is 7.54. The highest BCUT2D eigenvalue weighted by atomic mass is 16.5. The highest BCUT2D eigenvalue weighted by Crippen LogP contribution is 2.28. The summed E-state index contributed by atoms with van der Waals surface area (Å²) in [6.07, 6.45) is -0.0294. The Kier molecular flexibility index (Phi) is 4.38. The summed E-state index contributed by atoms with van der Waals surface area (Å²) in [5.74, 6) is -1.43. The Morgan fingerprint density at radius 1 is 1.28 bits per heavy atom. The number of esters is 1. The minimum absolute atomic E-state index is 0.0252. The molecule has 0 unspecified atom stereocenters. The number of fused-ring (bicyclic) bond motifs is 1. The van der Waals surface area contributed by atoms with Crippen molar-refractivity contribution in [1.29, 1.82) is 0 Å². The van der Waals surface area contributed by atoms with Crippen LogP contribution in [0.5, 0.6) is 5.75 Å². The number of amides is 1. The van der Waals surface area contributed by atoms with E-state index in [0.29, 0.717) is 11.3 Å². The van der Waals surface area contributed by atoms with Crippen molar-refractivity contribution in [2.45, 2.75) is 13.3 Å². The number of anilines is 1. The van der Waals surface area contributed by atoms with Gasteiger partial charge in [0.2, 0.25) is 5.91 Å². The van der Waals surface area contributed by atoms with E-state index >= 15 is 0 Å². The number of aryl methyl sites for hydroxylation is 1. The van der Waals surface area contributed by atoms with Crippen LogP contribution in [-0.2, 0) is 16.0 Å². The van der Waals surface area contributed by atoms with Crippen molar-refractivity contribution < 1.29 is 24.0 Å². The quantitative estimate of drug-likeness (QED) is 0.559. The van der Waals surface area contributed by atoms with Gasteiger partial charge in [0, 0.05) is 5.39 Å². The number of aromatic hydroxyl groups is 1. The normalized spacial score (nSPS) is 10.6. The van der Waals surface area contributed by atoms with Crippen LogP contribution in [0.1, 0.15) is 21.6 Å². The Morgan fingerprint density at radius 3 is 2.84 bits per heavy atom. The van der Waals surface area contributed by atoms with Gasteiger partial charge in [-0.25, -0.2) is 4.79 Å². The zero-order valence-electron chi connectivity index (χ0n) is 13.7. The molecule has 2 aromatic carbocycles. The van der Waals surface area contributed by atoms with Crippen molar-refractivity contribution in [3.63, 3.8) is 0 Å². The van der Waals surface area contributed by atoms with Crippen LogP contribution in [0.4, 0.5) is 5.69 Å². The number of benzene rings is 2. The van der Waals surface area contributed by atoms with E-state index < -0.39 is 11.9 Å². The fraction of sp³-hybridized carbons (Fsp3) is 0.167. The minimum atomic E-state index is -0.688. The maximum atomic E-state index is 12.3. The molecule has 0 atom stereocenters. The van der Waals surface area contributed by atoms with Crippen molar-refractivity contribution >= 4 is 28.5 Å². The Balaban J connectivity index is 1.81. The lowest BCUT2D eigenvalue weighted by Gasteiger charge is -2.09. The Labute approximate surface area is 143 Å². The van der Waals surface area contributed by atoms with Gasteiger partial charge in [0.15, 0.2) is 11.3 Å². The zero-order chi connectivity index (χ0) is 18.0. The van der Waals surface area contributed by atoms with Gasteiger partial charge in [0.25, 0.3) is 0 Å². The predicted octanol–water partition coefficient (Wildman–Crippen LogP) is 2.81. The Hall–Kier alpha value is -3.35. The number of hydrogen-bond donors (Lipinski definition) is 2. The highest BCUT2D eigenvalue weighted by Gasteiger charge is 2.17. The van der Waals surface area contributed by atoms with Gasteiger partial charge in [-0.3, -0.25) is 4.79 Å². The van der Waals surface area contributed by atoms with E-state index in [1.54, 1.807) is 6.07 Å². The summed E-state index contributed by atoms with van der Waals surface area (Å²) in [5.41, 5.74) is 2.23. The van der Waals surface area contributed by atoms with Crippen molar-refractivity contribution in [2.75, 3.05) is 12.4 Å². The summed E-state index contributed by atoms with van der Waals surface area (Å²) in [4.78, 5) is 23.9. The molecular weight excluding hydrogens is 324 g/mol.